The Labute approximate surface area is 168 Å². The summed E-state index contributed by atoms with van der Waals surface area (Å²) in [6, 6.07) is 12.7. The minimum absolute atomic E-state index is 0.209. The molecular weight excluding hydrogens is 348 g/mol. The summed E-state index contributed by atoms with van der Waals surface area (Å²) in [5.41, 5.74) is 2.70. The van der Waals surface area contributed by atoms with Gasteiger partial charge in [0.2, 0.25) is 5.91 Å². The monoisotopic (exact) mass is 380 g/mol. The van der Waals surface area contributed by atoms with Gasteiger partial charge in [0.15, 0.2) is 0 Å². The third kappa shape index (κ3) is 4.64. The van der Waals surface area contributed by atoms with Gasteiger partial charge in [-0.3, -0.25) is 9.48 Å². The molecule has 1 unspecified atom stereocenters. The van der Waals surface area contributed by atoms with E-state index < -0.39 is 0 Å². The van der Waals surface area contributed by atoms with Crippen LogP contribution < -0.4 is 0 Å². The van der Waals surface area contributed by atoms with E-state index in [1.165, 1.54) is 31.4 Å². The first kappa shape index (κ1) is 19.2. The fourth-order valence-electron chi connectivity index (χ4n) is 4.92. The summed E-state index contributed by atoms with van der Waals surface area (Å²) in [4.78, 5) is 17.4. The molecule has 28 heavy (non-hydrogen) atoms. The normalized spacial score (nSPS) is 22.8. The van der Waals surface area contributed by atoms with E-state index in [0.29, 0.717) is 12.0 Å². The number of hydrogen-bond donors (Lipinski definition) is 0. The Hall–Kier alpha value is -2.14. The maximum Gasteiger partial charge on any atom is 0.244 e. The lowest BCUT2D eigenvalue weighted by molar-refractivity contribution is -0.131. The second-order valence-electron chi connectivity index (χ2n) is 8.69. The molecule has 150 valence electrons. The predicted molar refractivity (Wildman–Crippen MR) is 111 cm³/mol. The Bertz CT molecular complexity index is 787. The zero-order valence-corrected chi connectivity index (χ0v) is 17.0. The Morgan fingerprint density at radius 1 is 1.11 bits per heavy atom. The molecule has 0 aliphatic carbocycles. The summed E-state index contributed by atoms with van der Waals surface area (Å²) in [6.45, 7) is 7.66. The van der Waals surface area contributed by atoms with E-state index in [1.807, 2.05) is 19.2 Å². The molecule has 2 aliphatic heterocycles. The van der Waals surface area contributed by atoms with Crippen molar-refractivity contribution in [3.8, 4) is 0 Å². The van der Waals surface area contributed by atoms with Gasteiger partial charge >= 0.3 is 0 Å². The lowest BCUT2D eigenvalue weighted by Crippen LogP contribution is -2.46. The zero-order chi connectivity index (χ0) is 19.4. The number of rotatable bonds is 6. The number of amides is 1. The van der Waals surface area contributed by atoms with Crippen LogP contribution in [0.15, 0.2) is 42.6 Å². The summed E-state index contributed by atoms with van der Waals surface area (Å²) in [5, 5.41) is 4.36. The topological polar surface area (TPSA) is 41.4 Å². The molecule has 5 nitrogen and oxygen atoms in total. The zero-order valence-electron chi connectivity index (χ0n) is 17.0. The van der Waals surface area contributed by atoms with Gasteiger partial charge in [-0.15, -0.1) is 0 Å². The van der Waals surface area contributed by atoms with E-state index in [-0.39, 0.29) is 5.91 Å². The first-order valence-electron chi connectivity index (χ1n) is 10.7. The summed E-state index contributed by atoms with van der Waals surface area (Å²) >= 11 is 0. The van der Waals surface area contributed by atoms with E-state index in [4.69, 9.17) is 0 Å². The number of carbonyl (C=O) groups excluding carboxylic acids is 1. The van der Waals surface area contributed by atoms with Gasteiger partial charge < -0.3 is 9.80 Å². The summed E-state index contributed by atoms with van der Waals surface area (Å²) in [5.74, 6) is 0.209. The Kier molecular flexibility index (Phi) is 5.81. The second kappa shape index (κ2) is 8.48. The van der Waals surface area contributed by atoms with Gasteiger partial charge in [0.1, 0.15) is 6.54 Å². The highest BCUT2D eigenvalue weighted by atomic mass is 16.2. The first-order chi connectivity index (χ1) is 13.6. The van der Waals surface area contributed by atoms with Gasteiger partial charge in [-0.1, -0.05) is 30.3 Å². The van der Waals surface area contributed by atoms with Crippen LogP contribution in [0.25, 0.3) is 0 Å². The van der Waals surface area contributed by atoms with E-state index in [2.05, 4.69) is 45.2 Å². The van der Waals surface area contributed by atoms with Crippen LogP contribution in [-0.4, -0.2) is 58.2 Å². The van der Waals surface area contributed by atoms with Crippen molar-refractivity contribution >= 4 is 5.91 Å². The van der Waals surface area contributed by atoms with Crippen molar-refractivity contribution in [1.29, 1.82) is 0 Å². The van der Waals surface area contributed by atoms with Crippen LogP contribution in [0.1, 0.15) is 36.9 Å². The molecular formula is C23H32N4O. The molecule has 1 aromatic carbocycles. The average molecular weight is 381 g/mol. The molecule has 1 atom stereocenters. The molecule has 1 amide bonds. The Morgan fingerprint density at radius 3 is 2.75 bits per heavy atom. The van der Waals surface area contributed by atoms with Crippen molar-refractivity contribution < 1.29 is 4.79 Å². The molecule has 4 rings (SSSR count). The molecule has 2 aromatic rings. The van der Waals surface area contributed by atoms with Crippen molar-refractivity contribution in [1.82, 2.24) is 19.6 Å². The summed E-state index contributed by atoms with van der Waals surface area (Å²) < 4.78 is 1.76. The number of aryl methyl sites for hydroxylation is 2. The van der Waals surface area contributed by atoms with Crippen LogP contribution in [0.3, 0.4) is 0 Å². The van der Waals surface area contributed by atoms with Gasteiger partial charge in [-0.25, -0.2) is 0 Å². The van der Waals surface area contributed by atoms with Crippen molar-refractivity contribution in [2.75, 3.05) is 32.7 Å². The average Bonchev–Trinajstić information content (AvgIpc) is 3.29. The first-order valence-corrected chi connectivity index (χ1v) is 10.7. The minimum atomic E-state index is 0.209. The number of piperidine rings is 1. The number of aromatic nitrogens is 2. The number of carbonyl (C=O) groups is 1. The fourth-order valence-corrected chi connectivity index (χ4v) is 4.92. The van der Waals surface area contributed by atoms with Gasteiger partial charge in [-0.2, -0.15) is 5.10 Å². The van der Waals surface area contributed by atoms with Gasteiger partial charge in [0.25, 0.3) is 0 Å². The SMILES string of the molecule is Cc1ccn(CC(=O)N2CCC3(CCCN(CCCc4ccccc4)C3)C2)n1. The lowest BCUT2D eigenvalue weighted by atomic mass is 9.79. The highest BCUT2D eigenvalue weighted by molar-refractivity contribution is 5.76. The maximum atomic E-state index is 12.7. The second-order valence-corrected chi connectivity index (χ2v) is 8.69. The van der Waals surface area contributed by atoms with Gasteiger partial charge in [0, 0.05) is 31.2 Å². The van der Waals surface area contributed by atoms with Crippen molar-refractivity contribution in [3.63, 3.8) is 0 Å². The summed E-state index contributed by atoms with van der Waals surface area (Å²) in [6.07, 6.45) is 7.92. The Balaban J connectivity index is 1.27. The Morgan fingerprint density at radius 2 is 1.96 bits per heavy atom. The molecule has 2 saturated heterocycles. The molecule has 2 aliphatic rings. The van der Waals surface area contributed by atoms with E-state index in [1.54, 1.807) is 4.68 Å². The summed E-state index contributed by atoms with van der Waals surface area (Å²) in [7, 11) is 0. The molecule has 0 bridgehead atoms. The van der Waals surface area contributed by atoms with Crippen LogP contribution in [0, 0.1) is 12.3 Å². The van der Waals surface area contributed by atoms with Gasteiger partial charge in [0.05, 0.1) is 5.69 Å². The number of nitrogens with zero attached hydrogens (tertiary/aromatic N) is 4. The predicted octanol–water partition coefficient (Wildman–Crippen LogP) is 3.14. The largest absolute Gasteiger partial charge is 0.340 e. The standard InChI is InChI=1S/C23H32N4O/c1-20-10-15-27(24-20)17-22(28)26-16-12-23(19-26)11-6-14-25(18-23)13-5-9-21-7-3-2-4-8-21/h2-4,7-8,10,15H,5-6,9,11-14,16-19H2,1H3. The third-order valence-corrected chi connectivity index (χ3v) is 6.39. The number of likely N-dealkylation sites (tertiary alicyclic amines) is 2. The van der Waals surface area contributed by atoms with Crippen LogP contribution >= 0.6 is 0 Å². The molecule has 0 radical (unpaired) electrons. The van der Waals surface area contributed by atoms with E-state index >= 15 is 0 Å². The smallest absolute Gasteiger partial charge is 0.244 e. The van der Waals surface area contributed by atoms with Crippen LogP contribution in [-0.2, 0) is 17.8 Å². The maximum absolute atomic E-state index is 12.7. The lowest BCUT2D eigenvalue weighted by Gasteiger charge is -2.40. The molecule has 1 aromatic heterocycles. The van der Waals surface area contributed by atoms with Crippen molar-refractivity contribution in [2.24, 2.45) is 5.41 Å². The van der Waals surface area contributed by atoms with Crippen LogP contribution in [0.5, 0.6) is 0 Å². The van der Waals surface area contributed by atoms with Gasteiger partial charge in [-0.05, 0) is 63.7 Å². The third-order valence-electron chi connectivity index (χ3n) is 6.39. The molecule has 0 saturated carbocycles. The van der Waals surface area contributed by atoms with E-state index in [0.717, 1.165) is 44.7 Å². The molecule has 0 N–H and O–H groups in total. The molecule has 1 spiro atoms. The van der Waals surface area contributed by atoms with Crippen LogP contribution in [0.2, 0.25) is 0 Å². The molecule has 3 heterocycles. The molecule has 5 heteroatoms. The fraction of sp³-hybridized carbons (Fsp3) is 0.565. The highest BCUT2D eigenvalue weighted by Crippen LogP contribution is 2.39. The number of hydrogen-bond acceptors (Lipinski definition) is 3. The van der Waals surface area contributed by atoms with E-state index in [9.17, 15) is 4.79 Å². The molecule has 2 fully saturated rings. The highest BCUT2D eigenvalue weighted by Gasteiger charge is 2.42. The van der Waals surface area contributed by atoms with Crippen molar-refractivity contribution in [2.45, 2.75) is 45.6 Å². The van der Waals surface area contributed by atoms with Crippen LogP contribution in [0.4, 0.5) is 0 Å². The number of benzene rings is 1. The quantitative estimate of drug-likeness (QED) is 0.773. The van der Waals surface area contributed by atoms with Crippen molar-refractivity contribution in [3.05, 3.63) is 53.9 Å². The minimum Gasteiger partial charge on any atom is -0.340 e.